The van der Waals surface area contributed by atoms with Crippen LogP contribution in [0.1, 0.15) is 38.5 Å². The zero-order chi connectivity index (χ0) is 13.9. The maximum atomic E-state index is 12.1. The van der Waals surface area contributed by atoms with E-state index < -0.39 is 0 Å². The molecule has 2 fully saturated rings. The van der Waals surface area contributed by atoms with Crippen molar-refractivity contribution < 1.29 is 4.79 Å². The van der Waals surface area contributed by atoms with E-state index in [2.05, 4.69) is 15.6 Å². The van der Waals surface area contributed by atoms with Crippen LogP contribution in [0.4, 0.5) is 5.69 Å². The van der Waals surface area contributed by atoms with Crippen LogP contribution >= 0.6 is 11.6 Å². The van der Waals surface area contributed by atoms with E-state index >= 15 is 0 Å². The number of nitrogens with one attached hydrogen (secondary N) is 2. The fraction of sp³-hybridized carbons (Fsp3) is 0.600. The van der Waals surface area contributed by atoms with E-state index in [0.717, 1.165) is 44.2 Å². The summed E-state index contributed by atoms with van der Waals surface area (Å²) < 4.78 is 0. The third kappa shape index (κ3) is 3.42. The van der Waals surface area contributed by atoms with Crippen molar-refractivity contribution in [2.45, 2.75) is 50.6 Å². The zero-order valence-electron chi connectivity index (χ0n) is 11.4. The largest absolute Gasteiger partial charge is 0.381 e. The van der Waals surface area contributed by atoms with Crippen molar-refractivity contribution >= 4 is 23.2 Å². The van der Waals surface area contributed by atoms with Gasteiger partial charge in [-0.25, -0.2) is 0 Å². The predicted molar refractivity (Wildman–Crippen MR) is 79.8 cm³/mol. The number of nitrogens with zero attached hydrogens (tertiary/aromatic N) is 1. The number of hydrogen-bond acceptors (Lipinski definition) is 3. The van der Waals surface area contributed by atoms with Crippen LogP contribution in [0.25, 0.3) is 0 Å². The fourth-order valence-electron chi connectivity index (χ4n) is 2.82. The van der Waals surface area contributed by atoms with E-state index in [-0.39, 0.29) is 11.8 Å². The monoisotopic (exact) mass is 293 g/mol. The van der Waals surface area contributed by atoms with Gasteiger partial charge in [0.25, 0.3) is 0 Å². The molecule has 1 aromatic heterocycles. The minimum Gasteiger partial charge on any atom is -0.381 e. The summed E-state index contributed by atoms with van der Waals surface area (Å²) in [6.07, 6.45) is 9.73. The van der Waals surface area contributed by atoms with Crippen molar-refractivity contribution in [3.05, 3.63) is 23.5 Å². The van der Waals surface area contributed by atoms with Gasteiger partial charge in [0.15, 0.2) is 0 Å². The van der Waals surface area contributed by atoms with Crippen LogP contribution in [0, 0.1) is 5.92 Å². The Kier molecular flexibility index (Phi) is 4.10. The molecule has 0 radical (unpaired) electrons. The SMILES string of the molecule is O=C(NC1CC1)C1CCCC(Nc2ccncc2Cl)C1. The first-order chi connectivity index (χ1) is 9.72. The summed E-state index contributed by atoms with van der Waals surface area (Å²) in [6, 6.07) is 2.65. The van der Waals surface area contributed by atoms with Gasteiger partial charge in [0.05, 0.1) is 10.7 Å². The van der Waals surface area contributed by atoms with E-state index in [1.54, 1.807) is 12.4 Å². The van der Waals surface area contributed by atoms with Gasteiger partial charge in [0.2, 0.25) is 5.91 Å². The van der Waals surface area contributed by atoms with Gasteiger partial charge in [-0.1, -0.05) is 18.0 Å². The van der Waals surface area contributed by atoms with Crippen LogP contribution in [0.15, 0.2) is 18.5 Å². The third-order valence-corrected chi connectivity index (χ3v) is 4.40. The van der Waals surface area contributed by atoms with Crippen molar-refractivity contribution in [2.75, 3.05) is 5.32 Å². The Labute approximate surface area is 124 Å². The summed E-state index contributed by atoms with van der Waals surface area (Å²) in [5, 5.41) is 7.20. The lowest BCUT2D eigenvalue weighted by molar-refractivity contribution is -0.126. The molecule has 2 unspecified atom stereocenters. The highest BCUT2D eigenvalue weighted by atomic mass is 35.5. The highest BCUT2D eigenvalue weighted by molar-refractivity contribution is 6.33. The summed E-state index contributed by atoms with van der Waals surface area (Å²) in [4.78, 5) is 16.1. The molecule has 2 saturated carbocycles. The van der Waals surface area contributed by atoms with E-state index in [4.69, 9.17) is 11.6 Å². The van der Waals surface area contributed by atoms with Gasteiger partial charge in [-0.15, -0.1) is 0 Å². The summed E-state index contributed by atoms with van der Waals surface area (Å²) in [7, 11) is 0. The second-order valence-corrected chi connectivity index (χ2v) is 6.25. The molecule has 0 saturated heterocycles. The van der Waals surface area contributed by atoms with Crippen LogP contribution in [0.3, 0.4) is 0 Å². The van der Waals surface area contributed by atoms with E-state index in [9.17, 15) is 4.79 Å². The summed E-state index contributed by atoms with van der Waals surface area (Å²) in [6.45, 7) is 0. The molecule has 20 heavy (non-hydrogen) atoms. The molecule has 0 bridgehead atoms. The van der Waals surface area contributed by atoms with Gasteiger partial charge in [-0.05, 0) is 38.2 Å². The molecular formula is C15H20ClN3O. The maximum absolute atomic E-state index is 12.1. The minimum atomic E-state index is 0.141. The van der Waals surface area contributed by atoms with Crippen LogP contribution in [0.2, 0.25) is 5.02 Å². The quantitative estimate of drug-likeness (QED) is 0.897. The topological polar surface area (TPSA) is 54.0 Å². The van der Waals surface area contributed by atoms with Crippen LogP contribution in [-0.4, -0.2) is 23.0 Å². The van der Waals surface area contributed by atoms with Crippen molar-refractivity contribution in [3.8, 4) is 0 Å². The Morgan fingerprint density at radius 1 is 1.25 bits per heavy atom. The van der Waals surface area contributed by atoms with E-state index in [1.807, 2.05) is 6.07 Å². The number of anilines is 1. The Balaban J connectivity index is 1.57. The molecule has 2 N–H and O–H groups in total. The van der Waals surface area contributed by atoms with Gasteiger partial charge in [0.1, 0.15) is 0 Å². The smallest absolute Gasteiger partial charge is 0.223 e. The molecule has 0 spiro atoms. The summed E-state index contributed by atoms with van der Waals surface area (Å²) in [5.41, 5.74) is 0.912. The number of aromatic nitrogens is 1. The molecule has 1 amide bonds. The number of pyridine rings is 1. The predicted octanol–water partition coefficient (Wildman–Crippen LogP) is 2.98. The molecule has 1 aromatic rings. The molecule has 2 aliphatic carbocycles. The van der Waals surface area contributed by atoms with Crippen LogP contribution in [-0.2, 0) is 4.79 Å². The summed E-state index contributed by atoms with van der Waals surface area (Å²) in [5.74, 6) is 0.377. The summed E-state index contributed by atoms with van der Waals surface area (Å²) >= 11 is 6.12. The Morgan fingerprint density at radius 2 is 2.10 bits per heavy atom. The van der Waals surface area contributed by atoms with Gasteiger partial charge in [-0.2, -0.15) is 0 Å². The molecule has 108 valence electrons. The van der Waals surface area contributed by atoms with Gasteiger partial charge in [-0.3, -0.25) is 9.78 Å². The number of hydrogen-bond donors (Lipinski definition) is 2. The standard InChI is InChI=1S/C15H20ClN3O/c16-13-9-17-7-6-14(13)18-12-3-1-2-10(8-12)15(20)19-11-4-5-11/h6-7,9-12H,1-5,8H2,(H,17,18)(H,19,20). The van der Waals surface area contributed by atoms with Crippen LogP contribution in [0.5, 0.6) is 0 Å². The molecule has 2 aliphatic rings. The van der Waals surface area contributed by atoms with Gasteiger partial charge >= 0.3 is 0 Å². The minimum absolute atomic E-state index is 0.141. The highest BCUT2D eigenvalue weighted by Gasteiger charge is 2.31. The number of amides is 1. The average molecular weight is 294 g/mol. The molecule has 5 heteroatoms. The molecule has 2 atom stereocenters. The van der Waals surface area contributed by atoms with E-state index in [1.165, 1.54) is 0 Å². The van der Waals surface area contributed by atoms with E-state index in [0.29, 0.717) is 17.1 Å². The zero-order valence-corrected chi connectivity index (χ0v) is 12.2. The Bertz CT molecular complexity index is 490. The normalized spacial score (nSPS) is 26.1. The molecule has 4 nitrogen and oxygen atoms in total. The van der Waals surface area contributed by atoms with Crippen LogP contribution < -0.4 is 10.6 Å². The lowest BCUT2D eigenvalue weighted by Crippen LogP contribution is -2.38. The Hall–Kier alpha value is -1.29. The first-order valence-electron chi connectivity index (χ1n) is 7.39. The fourth-order valence-corrected chi connectivity index (χ4v) is 2.99. The van der Waals surface area contributed by atoms with Crippen molar-refractivity contribution in [2.24, 2.45) is 5.92 Å². The molecular weight excluding hydrogens is 274 g/mol. The first kappa shape index (κ1) is 13.7. The lowest BCUT2D eigenvalue weighted by atomic mass is 9.85. The molecule has 1 heterocycles. The van der Waals surface area contributed by atoms with Crippen molar-refractivity contribution in [1.29, 1.82) is 0 Å². The first-order valence-corrected chi connectivity index (χ1v) is 7.76. The van der Waals surface area contributed by atoms with Gasteiger partial charge < -0.3 is 10.6 Å². The highest BCUT2D eigenvalue weighted by Crippen LogP contribution is 2.30. The third-order valence-electron chi connectivity index (χ3n) is 4.10. The molecule has 0 aliphatic heterocycles. The number of carbonyl (C=O) groups is 1. The number of carbonyl (C=O) groups excluding carboxylic acids is 1. The second-order valence-electron chi connectivity index (χ2n) is 5.84. The maximum Gasteiger partial charge on any atom is 0.223 e. The molecule has 0 aromatic carbocycles. The lowest BCUT2D eigenvalue weighted by Gasteiger charge is -2.30. The Morgan fingerprint density at radius 3 is 2.85 bits per heavy atom. The second kappa shape index (κ2) is 6.00. The molecule has 3 rings (SSSR count). The van der Waals surface area contributed by atoms with Crippen molar-refractivity contribution in [1.82, 2.24) is 10.3 Å². The van der Waals surface area contributed by atoms with Gasteiger partial charge in [0, 0.05) is 30.4 Å². The van der Waals surface area contributed by atoms with Crippen molar-refractivity contribution in [3.63, 3.8) is 0 Å². The average Bonchev–Trinajstić information content (AvgIpc) is 3.26. The number of rotatable bonds is 4. The number of halogens is 1.